The fourth-order valence-electron chi connectivity index (χ4n) is 6.40. The van der Waals surface area contributed by atoms with Crippen LogP contribution in [-0.4, -0.2) is 45.9 Å². The Labute approximate surface area is 116 Å². The van der Waals surface area contributed by atoms with Crippen LogP contribution in [0.15, 0.2) is 0 Å². The Balaban J connectivity index is 1.82. The molecule has 0 aromatic rings. The molecule has 2 heterocycles. The van der Waals surface area contributed by atoms with Crippen LogP contribution in [0.2, 0.25) is 0 Å². The van der Waals surface area contributed by atoms with Gasteiger partial charge in [0.15, 0.2) is 0 Å². The van der Waals surface area contributed by atoms with E-state index in [4.69, 9.17) is 0 Å². The van der Waals surface area contributed by atoms with E-state index >= 15 is 0 Å². The first-order valence-electron chi connectivity index (χ1n) is 8.26. The van der Waals surface area contributed by atoms with Gasteiger partial charge in [0.2, 0.25) is 0 Å². The quantitative estimate of drug-likeness (QED) is 0.699. The van der Waals surface area contributed by atoms with Crippen molar-refractivity contribution in [3.05, 3.63) is 0 Å². The van der Waals surface area contributed by atoms with Crippen molar-refractivity contribution in [2.24, 2.45) is 23.7 Å². The maximum atomic E-state index is 10.6. The summed E-state index contributed by atoms with van der Waals surface area (Å²) in [5, 5.41) is 21.2. The molecule has 2 saturated carbocycles. The fraction of sp³-hybridized carbons (Fsp3) is 1.00. The maximum Gasteiger partial charge on any atom is 0.0847 e. The minimum Gasteiger partial charge on any atom is -0.390 e. The second kappa shape index (κ2) is 4.19. The minimum absolute atomic E-state index is 0.234. The first-order valence-corrected chi connectivity index (χ1v) is 8.26. The largest absolute Gasteiger partial charge is 0.390 e. The molecule has 108 valence electrons. The van der Waals surface area contributed by atoms with E-state index in [1.807, 2.05) is 0 Å². The summed E-state index contributed by atoms with van der Waals surface area (Å²) in [6.45, 7) is 4.78. The molecule has 0 unspecified atom stereocenters. The fourth-order valence-corrected chi connectivity index (χ4v) is 6.40. The minimum atomic E-state index is -0.477. The van der Waals surface area contributed by atoms with Crippen LogP contribution in [0.3, 0.4) is 0 Å². The van der Waals surface area contributed by atoms with E-state index in [0.717, 1.165) is 12.8 Å². The summed E-state index contributed by atoms with van der Waals surface area (Å²) < 4.78 is 0. The molecule has 2 bridgehead atoms. The zero-order valence-electron chi connectivity index (χ0n) is 12.0. The van der Waals surface area contributed by atoms with Gasteiger partial charge in [0.25, 0.3) is 0 Å². The Morgan fingerprint density at radius 2 is 1.68 bits per heavy atom. The third-order valence-electron chi connectivity index (χ3n) is 6.83. The molecule has 2 N–H and O–H groups in total. The van der Waals surface area contributed by atoms with E-state index in [9.17, 15) is 10.2 Å². The molecule has 19 heavy (non-hydrogen) atoms. The molecule has 0 aromatic heterocycles. The van der Waals surface area contributed by atoms with E-state index in [-0.39, 0.29) is 5.54 Å². The Morgan fingerprint density at radius 1 is 1.00 bits per heavy atom. The first kappa shape index (κ1) is 12.6. The highest BCUT2D eigenvalue weighted by molar-refractivity contribution is 5.17. The van der Waals surface area contributed by atoms with Gasteiger partial charge in [0.05, 0.1) is 12.2 Å². The lowest BCUT2D eigenvalue weighted by Gasteiger charge is -2.68. The molecule has 0 aromatic carbocycles. The van der Waals surface area contributed by atoms with Crippen LogP contribution in [-0.2, 0) is 0 Å². The predicted molar refractivity (Wildman–Crippen MR) is 73.7 cm³/mol. The molecule has 3 heteroatoms. The number of aliphatic hydroxyl groups excluding tert-OH is 2. The summed E-state index contributed by atoms with van der Waals surface area (Å²) >= 11 is 0. The predicted octanol–water partition coefficient (Wildman–Crippen LogP) is 1.63. The molecule has 0 radical (unpaired) electrons. The third kappa shape index (κ3) is 1.50. The number of hydrogen-bond acceptors (Lipinski definition) is 3. The van der Waals surface area contributed by atoms with Crippen LogP contribution in [0.25, 0.3) is 0 Å². The number of nitrogens with zero attached hydrogens (tertiary/aromatic N) is 1. The number of piperidine rings is 2. The van der Waals surface area contributed by atoms with Crippen molar-refractivity contribution in [1.82, 2.24) is 4.90 Å². The standard InChI is InChI=1S/C16H27NO2/c1-10-8-11-12-4-2-6-17-7-3-5-13(15(19)14(11)18)16(12,17)9-10/h10-15,18-19H,2-9H2,1H3/t10-,11+,12+,13+,14-,15+,16+/m0/s1. The summed E-state index contributed by atoms with van der Waals surface area (Å²) in [7, 11) is 0. The molecular formula is C16H27NO2. The van der Waals surface area contributed by atoms with Gasteiger partial charge >= 0.3 is 0 Å². The molecule has 1 spiro atoms. The SMILES string of the molecule is C[C@H]1C[C@H]2[C@H](O)[C@H](O)[C@H]3CCCN4CCC[C@H]2[C@]34C1. The van der Waals surface area contributed by atoms with Crippen molar-refractivity contribution >= 4 is 0 Å². The molecule has 7 atom stereocenters. The number of hydrogen-bond donors (Lipinski definition) is 2. The van der Waals surface area contributed by atoms with E-state index in [1.54, 1.807) is 0 Å². The normalized spacial score (nSPS) is 57.6. The highest BCUT2D eigenvalue weighted by atomic mass is 16.3. The molecule has 2 aliphatic heterocycles. The van der Waals surface area contributed by atoms with Gasteiger partial charge in [-0.25, -0.2) is 0 Å². The summed E-state index contributed by atoms with van der Waals surface area (Å²) in [6, 6.07) is 0. The zero-order chi connectivity index (χ0) is 13.2. The van der Waals surface area contributed by atoms with Crippen molar-refractivity contribution in [3.63, 3.8) is 0 Å². The van der Waals surface area contributed by atoms with Gasteiger partial charge in [-0.15, -0.1) is 0 Å². The lowest BCUT2D eigenvalue weighted by molar-refractivity contribution is -0.234. The monoisotopic (exact) mass is 265 g/mol. The van der Waals surface area contributed by atoms with Crippen molar-refractivity contribution in [2.75, 3.05) is 13.1 Å². The van der Waals surface area contributed by atoms with Crippen molar-refractivity contribution in [1.29, 1.82) is 0 Å². The van der Waals surface area contributed by atoms with Crippen molar-refractivity contribution in [2.45, 2.75) is 63.2 Å². The molecule has 0 amide bonds. The van der Waals surface area contributed by atoms with Gasteiger partial charge in [-0.2, -0.15) is 0 Å². The molecule has 2 saturated heterocycles. The molecule has 3 nitrogen and oxygen atoms in total. The van der Waals surface area contributed by atoms with Crippen LogP contribution in [0, 0.1) is 23.7 Å². The van der Waals surface area contributed by atoms with Crippen molar-refractivity contribution < 1.29 is 10.2 Å². The number of aliphatic hydroxyl groups is 2. The smallest absolute Gasteiger partial charge is 0.0847 e. The summed E-state index contributed by atoms with van der Waals surface area (Å²) in [5.41, 5.74) is 0.234. The lowest BCUT2D eigenvalue weighted by atomic mass is 9.47. The van der Waals surface area contributed by atoms with Crippen LogP contribution < -0.4 is 0 Å². The van der Waals surface area contributed by atoms with Crippen LogP contribution >= 0.6 is 0 Å². The molecule has 4 rings (SSSR count). The third-order valence-corrected chi connectivity index (χ3v) is 6.83. The topological polar surface area (TPSA) is 43.7 Å². The zero-order valence-corrected chi connectivity index (χ0v) is 12.0. The van der Waals surface area contributed by atoms with E-state index < -0.39 is 12.2 Å². The van der Waals surface area contributed by atoms with Gasteiger partial charge in [0.1, 0.15) is 0 Å². The summed E-state index contributed by atoms with van der Waals surface area (Å²) in [4.78, 5) is 2.72. The van der Waals surface area contributed by atoms with Gasteiger partial charge in [-0.05, 0) is 69.4 Å². The molecule has 2 aliphatic carbocycles. The van der Waals surface area contributed by atoms with E-state index in [1.165, 1.54) is 38.8 Å². The van der Waals surface area contributed by atoms with E-state index in [0.29, 0.717) is 23.7 Å². The highest BCUT2D eigenvalue weighted by Crippen LogP contribution is 2.60. The molecular weight excluding hydrogens is 238 g/mol. The lowest BCUT2D eigenvalue weighted by Crippen LogP contribution is -2.75. The maximum absolute atomic E-state index is 10.6. The van der Waals surface area contributed by atoms with Crippen molar-refractivity contribution in [3.8, 4) is 0 Å². The second-order valence-electron chi connectivity index (χ2n) is 7.67. The van der Waals surface area contributed by atoms with Gasteiger partial charge in [-0.3, -0.25) is 4.90 Å². The average molecular weight is 265 g/mol. The second-order valence-corrected chi connectivity index (χ2v) is 7.67. The van der Waals surface area contributed by atoms with Gasteiger partial charge in [0, 0.05) is 11.5 Å². The Morgan fingerprint density at radius 3 is 2.42 bits per heavy atom. The Bertz CT molecular complexity index is 360. The molecule has 4 aliphatic rings. The van der Waals surface area contributed by atoms with Gasteiger partial charge in [-0.1, -0.05) is 6.92 Å². The van der Waals surface area contributed by atoms with E-state index in [2.05, 4.69) is 11.8 Å². The summed E-state index contributed by atoms with van der Waals surface area (Å²) in [6.07, 6.45) is 6.29. The first-order chi connectivity index (χ1) is 9.14. The van der Waals surface area contributed by atoms with Gasteiger partial charge < -0.3 is 10.2 Å². The average Bonchev–Trinajstić information content (AvgIpc) is 2.40. The van der Waals surface area contributed by atoms with Crippen LogP contribution in [0.5, 0.6) is 0 Å². The Hall–Kier alpha value is -0.120. The number of rotatable bonds is 0. The Kier molecular flexibility index (Phi) is 2.78. The summed E-state index contributed by atoms with van der Waals surface area (Å²) in [5.74, 6) is 2.00. The highest BCUT2D eigenvalue weighted by Gasteiger charge is 2.64. The molecule has 4 fully saturated rings. The van der Waals surface area contributed by atoms with Crippen LogP contribution in [0.1, 0.15) is 45.4 Å². The van der Waals surface area contributed by atoms with Crippen LogP contribution in [0.4, 0.5) is 0 Å².